The smallest absolute Gasteiger partial charge is 0.268 e. The molecule has 5 heteroatoms. The highest BCUT2D eigenvalue weighted by molar-refractivity contribution is 6.75. The zero-order valence-electron chi connectivity index (χ0n) is 12.1. The Morgan fingerprint density at radius 3 is 1.71 bits per heavy atom. The first kappa shape index (κ1) is 12.3. The maximum Gasteiger partial charge on any atom is 0.268 e. The maximum atomic E-state index is 4.54. The lowest BCUT2D eigenvalue weighted by atomic mass is 10.3. The first-order valence-corrected chi connectivity index (χ1v) is 9.92. The van der Waals surface area contributed by atoms with E-state index in [9.17, 15) is 0 Å². The summed E-state index contributed by atoms with van der Waals surface area (Å²) in [5.74, 6) is 2.09. The van der Waals surface area contributed by atoms with E-state index in [0.29, 0.717) is 0 Å². The minimum absolute atomic E-state index is 1.05. The van der Waals surface area contributed by atoms with Crippen molar-refractivity contribution in [2.45, 2.75) is 13.1 Å². The fraction of sp³-hybridized carbons (Fsp3) is 0.125. The highest BCUT2D eigenvalue weighted by Gasteiger charge is 2.31. The van der Waals surface area contributed by atoms with Crippen LogP contribution in [0.3, 0.4) is 0 Å². The first-order chi connectivity index (χ1) is 10.2. The molecule has 0 aromatic carbocycles. The van der Waals surface area contributed by atoms with Gasteiger partial charge in [0.2, 0.25) is 0 Å². The molecule has 0 saturated heterocycles. The number of hydrogen-bond donors (Lipinski definition) is 0. The largest absolute Gasteiger partial charge is 0.341 e. The highest BCUT2D eigenvalue weighted by Crippen LogP contribution is 2.27. The minimum atomic E-state index is -2.00. The lowest BCUT2D eigenvalue weighted by molar-refractivity contribution is 0.961. The van der Waals surface area contributed by atoms with Crippen LogP contribution in [0.4, 0.5) is 0 Å². The summed E-state index contributed by atoms with van der Waals surface area (Å²) in [5, 5.41) is 0. The van der Waals surface area contributed by atoms with E-state index in [1.807, 2.05) is 12.4 Å². The van der Waals surface area contributed by atoms with Crippen LogP contribution in [0.1, 0.15) is 0 Å². The Kier molecular flexibility index (Phi) is 2.52. The number of nitrogens with zero attached hydrogens (tertiary/aromatic N) is 4. The third kappa shape index (κ3) is 1.74. The van der Waals surface area contributed by atoms with E-state index in [0.717, 1.165) is 11.6 Å². The zero-order valence-corrected chi connectivity index (χ0v) is 13.1. The second-order valence-corrected chi connectivity index (χ2v) is 9.65. The Labute approximate surface area is 124 Å². The SMILES string of the molecule is C[Si](C)(n1cccc2ccnc1-2)n1cccc2ccnc1-2. The van der Waals surface area contributed by atoms with Gasteiger partial charge in [-0.05, 0) is 61.9 Å². The molecule has 4 heterocycles. The molecule has 0 aliphatic carbocycles. The Morgan fingerprint density at radius 1 is 0.762 bits per heavy atom. The summed E-state index contributed by atoms with van der Waals surface area (Å²) in [7, 11) is -2.00. The van der Waals surface area contributed by atoms with E-state index in [4.69, 9.17) is 0 Å². The van der Waals surface area contributed by atoms with Crippen LogP contribution in [0, 0.1) is 0 Å². The molecule has 0 radical (unpaired) electrons. The maximum absolute atomic E-state index is 4.54. The van der Waals surface area contributed by atoms with Crippen molar-refractivity contribution < 1.29 is 0 Å². The molecule has 4 nitrogen and oxygen atoms in total. The van der Waals surface area contributed by atoms with E-state index < -0.39 is 8.40 Å². The zero-order chi connectivity index (χ0) is 14.4. The molecule has 0 bridgehead atoms. The summed E-state index contributed by atoms with van der Waals surface area (Å²) in [5.41, 5.74) is 2.36. The van der Waals surface area contributed by atoms with Crippen molar-refractivity contribution in [2.75, 3.05) is 0 Å². The van der Waals surface area contributed by atoms with Gasteiger partial charge in [-0.15, -0.1) is 0 Å². The molecule has 0 aromatic heterocycles. The van der Waals surface area contributed by atoms with Crippen LogP contribution in [0.15, 0.2) is 61.2 Å². The van der Waals surface area contributed by atoms with Crippen LogP contribution >= 0.6 is 0 Å². The monoisotopic (exact) mass is 292 g/mol. The normalized spacial score (nSPS) is 12.3. The standard InChI is InChI=1S/C16H16N4Si/c1-21(2,19-11-3-5-13-7-9-17-15(13)19)20-12-4-6-14-8-10-18-16(14)20/h3-12H,1-2H3. The minimum Gasteiger partial charge on any atom is -0.341 e. The summed E-state index contributed by atoms with van der Waals surface area (Å²) >= 11 is 0. The molecular formula is C16H16N4Si. The summed E-state index contributed by atoms with van der Waals surface area (Å²) < 4.78 is 4.66. The molecule has 21 heavy (non-hydrogen) atoms. The van der Waals surface area contributed by atoms with Gasteiger partial charge in [-0.1, -0.05) is 0 Å². The Balaban J connectivity index is 1.95. The van der Waals surface area contributed by atoms with Crippen molar-refractivity contribution in [1.82, 2.24) is 18.4 Å². The second-order valence-electron chi connectivity index (χ2n) is 5.70. The van der Waals surface area contributed by atoms with Crippen molar-refractivity contribution >= 4 is 8.40 Å². The molecule has 104 valence electrons. The van der Waals surface area contributed by atoms with Gasteiger partial charge in [-0.2, -0.15) is 0 Å². The van der Waals surface area contributed by atoms with Gasteiger partial charge < -0.3 is 8.47 Å². The molecule has 4 rings (SSSR count). The van der Waals surface area contributed by atoms with Crippen molar-refractivity contribution in [3.8, 4) is 22.8 Å². The predicted octanol–water partition coefficient (Wildman–Crippen LogP) is 3.39. The molecule has 0 amide bonds. The van der Waals surface area contributed by atoms with Crippen molar-refractivity contribution in [1.29, 1.82) is 0 Å². The number of fused-ring (bicyclic) bond motifs is 2. The van der Waals surface area contributed by atoms with Gasteiger partial charge in [-0.3, -0.25) is 0 Å². The van der Waals surface area contributed by atoms with E-state index >= 15 is 0 Å². The average molecular weight is 292 g/mol. The van der Waals surface area contributed by atoms with Crippen LogP contribution in [0.5, 0.6) is 0 Å². The molecule has 0 N–H and O–H groups in total. The van der Waals surface area contributed by atoms with E-state index in [1.165, 1.54) is 11.1 Å². The van der Waals surface area contributed by atoms with Gasteiger partial charge in [0, 0.05) is 23.5 Å². The van der Waals surface area contributed by atoms with Crippen LogP contribution in [-0.4, -0.2) is 26.8 Å². The Hall–Kier alpha value is -2.40. The number of rotatable bonds is 2. The molecule has 0 spiro atoms. The molecule has 0 fully saturated rings. The van der Waals surface area contributed by atoms with E-state index in [2.05, 4.69) is 80.3 Å². The van der Waals surface area contributed by atoms with Crippen LogP contribution in [0.2, 0.25) is 13.1 Å². The van der Waals surface area contributed by atoms with Gasteiger partial charge in [0.15, 0.2) is 0 Å². The lowest BCUT2D eigenvalue weighted by Gasteiger charge is -2.32. The Morgan fingerprint density at radius 2 is 1.24 bits per heavy atom. The lowest BCUT2D eigenvalue weighted by Crippen LogP contribution is -2.46. The Bertz CT molecular complexity index is 776. The molecule has 4 aliphatic rings. The molecule has 0 aromatic rings. The summed E-state index contributed by atoms with van der Waals surface area (Å²) in [6, 6.07) is 12.5. The number of pyridine rings is 2. The second kappa shape index (κ2) is 4.29. The third-order valence-electron chi connectivity index (χ3n) is 4.08. The third-order valence-corrected chi connectivity index (χ3v) is 7.16. The van der Waals surface area contributed by atoms with Crippen molar-refractivity contribution in [2.24, 2.45) is 0 Å². The van der Waals surface area contributed by atoms with Gasteiger partial charge >= 0.3 is 0 Å². The topological polar surface area (TPSA) is 35.6 Å². The van der Waals surface area contributed by atoms with Gasteiger partial charge in [0.05, 0.1) is 0 Å². The molecule has 0 saturated carbocycles. The number of hydrogen-bond acceptors (Lipinski definition) is 2. The fourth-order valence-corrected chi connectivity index (χ4v) is 5.49. The quantitative estimate of drug-likeness (QED) is 0.531. The molecule has 0 atom stereocenters. The number of aromatic nitrogens is 4. The molecule has 0 unspecified atom stereocenters. The van der Waals surface area contributed by atoms with Crippen molar-refractivity contribution in [3.63, 3.8) is 0 Å². The molecular weight excluding hydrogens is 276 g/mol. The van der Waals surface area contributed by atoms with Crippen LogP contribution in [-0.2, 0) is 0 Å². The predicted molar refractivity (Wildman–Crippen MR) is 86.0 cm³/mol. The highest BCUT2D eigenvalue weighted by atomic mass is 28.3. The molecule has 4 aliphatic heterocycles. The van der Waals surface area contributed by atoms with Crippen molar-refractivity contribution in [3.05, 3.63) is 61.2 Å². The first-order valence-electron chi connectivity index (χ1n) is 7.03. The van der Waals surface area contributed by atoms with E-state index in [-0.39, 0.29) is 0 Å². The van der Waals surface area contributed by atoms with Gasteiger partial charge in [-0.25, -0.2) is 9.97 Å². The summed E-state index contributed by atoms with van der Waals surface area (Å²) in [6.45, 7) is 4.63. The fourth-order valence-electron chi connectivity index (χ4n) is 2.94. The average Bonchev–Trinajstić information content (AvgIpc) is 3.14. The van der Waals surface area contributed by atoms with Crippen LogP contribution in [0.25, 0.3) is 22.8 Å². The summed E-state index contributed by atoms with van der Waals surface area (Å²) in [6.07, 6.45) is 8.02. The summed E-state index contributed by atoms with van der Waals surface area (Å²) in [4.78, 5) is 9.08. The van der Waals surface area contributed by atoms with Gasteiger partial charge in [0.1, 0.15) is 11.6 Å². The van der Waals surface area contributed by atoms with Gasteiger partial charge in [0.25, 0.3) is 8.40 Å². The van der Waals surface area contributed by atoms with Crippen LogP contribution < -0.4 is 0 Å². The van der Waals surface area contributed by atoms with E-state index in [1.54, 1.807) is 0 Å².